The highest BCUT2D eigenvalue weighted by molar-refractivity contribution is 5.98. The van der Waals surface area contributed by atoms with Gasteiger partial charge in [0.1, 0.15) is 5.56 Å². The molecule has 164 valence electrons. The minimum absolute atomic E-state index is 0.0637. The van der Waals surface area contributed by atoms with Crippen molar-refractivity contribution in [2.24, 2.45) is 0 Å². The third-order valence-corrected chi connectivity index (χ3v) is 6.24. The van der Waals surface area contributed by atoms with Crippen molar-refractivity contribution < 1.29 is 4.79 Å². The number of aryl methyl sites for hydroxylation is 2. The predicted molar refractivity (Wildman–Crippen MR) is 124 cm³/mol. The molecule has 1 N–H and O–H groups in total. The summed E-state index contributed by atoms with van der Waals surface area (Å²) < 4.78 is 3.82. The Hall–Kier alpha value is -2.86. The van der Waals surface area contributed by atoms with Crippen LogP contribution in [0.3, 0.4) is 0 Å². The molecule has 31 heavy (non-hydrogen) atoms. The normalized spacial score (nSPS) is 17.1. The summed E-state index contributed by atoms with van der Waals surface area (Å²) in [6.07, 6.45) is 8.77. The van der Waals surface area contributed by atoms with E-state index < -0.39 is 0 Å². The predicted octanol–water partition coefficient (Wildman–Crippen LogP) is 4.27. The second kappa shape index (κ2) is 9.52. The number of nitrogens with one attached hydrogen (secondary N) is 1. The molecule has 1 aliphatic rings. The van der Waals surface area contributed by atoms with Gasteiger partial charge in [-0.2, -0.15) is 5.10 Å². The number of amides is 1. The van der Waals surface area contributed by atoms with E-state index in [1.165, 1.54) is 31.4 Å². The van der Waals surface area contributed by atoms with E-state index in [9.17, 15) is 4.79 Å². The Labute approximate surface area is 184 Å². The molecule has 1 aliphatic heterocycles. The summed E-state index contributed by atoms with van der Waals surface area (Å²) >= 11 is 0. The average molecular weight is 420 g/mol. The van der Waals surface area contributed by atoms with E-state index >= 15 is 0 Å². The second-order valence-electron chi connectivity index (χ2n) is 8.61. The van der Waals surface area contributed by atoms with E-state index in [1.54, 1.807) is 0 Å². The van der Waals surface area contributed by atoms with Gasteiger partial charge in [0.2, 0.25) is 0 Å². The lowest BCUT2D eigenvalue weighted by Crippen LogP contribution is -2.39. The zero-order valence-corrected chi connectivity index (χ0v) is 18.8. The van der Waals surface area contributed by atoms with Crippen LogP contribution in [0.25, 0.3) is 11.5 Å². The highest BCUT2D eigenvalue weighted by Gasteiger charge is 2.24. The van der Waals surface area contributed by atoms with Crippen LogP contribution in [0.1, 0.15) is 54.2 Å². The van der Waals surface area contributed by atoms with Crippen LogP contribution < -0.4 is 5.32 Å². The lowest BCUT2D eigenvalue weighted by atomic mass is 10.0. The molecule has 0 aliphatic carbocycles. The van der Waals surface area contributed by atoms with Crippen molar-refractivity contribution in [1.82, 2.24) is 24.6 Å². The molecule has 6 heteroatoms. The standard InChI is InChI=1S/C25H33N5O/c1-19-10-12-22(13-11-19)30-25(29-16-6-7-17-29)23(21(3)27-30)24(31)26-14-8-18-28-15-5-4-9-20(28)2/h6-7,10-13,16-17,20H,4-5,8-9,14-15,18H2,1-3H3,(H,26,31)/t20-/m1/s1. The number of hydrogen-bond donors (Lipinski definition) is 1. The van der Waals surface area contributed by atoms with Gasteiger partial charge in [-0.05, 0) is 70.8 Å². The monoisotopic (exact) mass is 419 g/mol. The van der Waals surface area contributed by atoms with Crippen LogP contribution >= 0.6 is 0 Å². The Morgan fingerprint density at radius 1 is 1.13 bits per heavy atom. The maximum atomic E-state index is 13.2. The van der Waals surface area contributed by atoms with Gasteiger partial charge in [-0.15, -0.1) is 0 Å². The van der Waals surface area contributed by atoms with Crippen molar-refractivity contribution in [3.63, 3.8) is 0 Å². The summed E-state index contributed by atoms with van der Waals surface area (Å²) in [5.74, 6) is 0.708. The van der Waals surface area contributed by atoms with Crippen molar-refractivity contribution in [3.05, 3.63) is 65.6 Å². The SMILES string of the molecule is Cc1ccc(-n2nc(C)c(C(=O)NCCCN3CCCC[C@H]3C)c2-n2cccc2)cc1. The Morgan fingerprint density at radius 2 is 1.87 bits per heavy atom. The van der Waals surface area contributed by atoms with Gasteiger partial charge >= 0.3 is 0 Å². The van der Waals surface area contributed by atoms with E-state index in [-0.39, 0.29) is 5.91 Å². The molecule has 1 aromatic carbocycles. The van der Waals surface area contributed by atoms with Crippen LogP contribution in [0.2, 0.25) is 0 Å². The first-order chi connectivity index (χ1) is 15.0. The Kier molecular flexibility index (Phi) is 6.56. The summed E-state index contributed by atoms with van der Waals surface area (Å²) in [4.78, 5) is 15.7. The molecule has 6 nitrogen and oxygen atoms in total. The molecule has 2 aromatic heterocycles. The molecule has 0 bridgehead atoms. The molecule has 3 aromatic rings. The molecule has 1 atom stereocenters. The number of benzene rings is 1. The maximum Gasteiger partial charge on any atom is 0.256 e. The molecular formula is C25H33N5O. The topological polar surface area (TPSA) is 55.1 Å². The number of rotatable bonds is 7. The third kappa shape index (κ3) is 4.74. The lowest BCUT2D eigenvalue weighted by Gasteiger charge is -2.33. The summed E-state index contributed by atoms with van der Waals surface area (Å²) in [5.41, 5.74) is 3.49. The molecule has 0 saturated carbocycles. The van der Waals surface area contributed by atoms with Crippen LogP contribution in [0, 0.1) is 13.8 Å². The fourth-order valence-corrected chi connectivity index (χ4v) is 4.42. The molecule has 4 rings (SSSR count). The minimum atomic E-state index is -0.0637. The van der Waals surface area contributed by atoms with Crippen LogP contribution in [-0.4, -0.2) is 50.8 Å². The molecule has 0 unspecified atom stereocenters. The molecule has 3 heterocycles. The van der Waals surface area contributed by atoms with Crippen LogP contribution in [0.15, 0.2) is 48.8 Å². The number of likely N-dealkylation sites (tertiary alicyclic amines) is 1. The first-order valence-corrected chi connectivity index (χ1v) is 11.4. The Balaban J connectivity index is 1.52. The van der Waals surface area contributed by atoms with E-state index in [0.29, 0.717) is 18.2 Å². The molecule has 1 fully saturated rings. The number of carbonyl (C=O) groups excluding carboxylic acids is 1. The van der Waals surface area contributed by atoms with Crippen molar-refractivity contribution in [2.75, 3.05) is 19.6 Å². The Morgan fingerprint density at radius 3 is 2.58 bits per heavy atom. The number of aromatic nitrogens is 3. The molecule has 1 amide bonds. The number of hydrogen-bond acceptors (Lipinski definition) is 3. The summed E-state index contributed by atoms with van der Waals surface area (Å²) in [6, 6.07) is 12.8. The number of piperidine rings is 1. The zero-order chi connectivity index (χ0) is 21.8. The van der Waals surface area contributed by atoms with Gasteiger partial charge in [-0.3, -0.25) is 4.79 Å². The number of nitrogens with zero attached hydrogens (tertiary/aromatic N) is 4. The van der Waals surface area contributed by atoms with Crippen LogP contribution in [0.5, 0.6) is 0 Å². The second-order valence-corrected chi connectivity index (χ2v) is 8.61. The van der Waals surface area contributed by atoms with Crippen molar-refractivity contribution in [1.29, 1.82) is 0 Å². The van der Waals surface area contributed by atoms with Gasteiger partial charge in [-0.1, -0.05) is 24.1 Å². The van der Waals surface area contributed by atoms with Gasteiger partial charge < -0.3 is 14.8 Å². The molecule has 0 spiro atoms. The fraction of sp³-hybridized carbons (Fsp3) is 0.440. The van der Waals surface area contributed by atoms with E-state index in [2.05, 4.69) is 36.2 Å². The van der Waals surface area contributed by atoms with E-state index in [4.69, 9.17) is 5.10 Å². The van der Waals surface area contributed by atoms with Gasteiger partial charge in [0, 0.05) is 31.5 Å². The smallest absolute Gasteiger partial charge is 0.256 e. The first-order valence-electron chi connectivity index (χ1n) is 11.4. The van der Waals surface area contributed by atoms with Crippen molar-refractivity contribution >= 4 is 5.91 Å². The molecule has 1 saturated heterocycles. The quantitative estimate of drug-likeness (QED) is 0.582. The summed E-state index contributed by atoms with van der Waals surface area (Å²) in [6.45, 7) is 9.16. The van der Waals surface area contributed by atoms with Gasteiger partial charge in [0.15, 0.2) is 5.82 Å². The van der Waals surface area contributed by atoms with Crippen molar-refractivity contribution in [3.8, 4) is 11.5 Å². The average Bonchev–Trinajstić information content (AvgIpc) is 3.40. The fourth-order valence-electron chi connectivity index (χ4n) is 4.42. The first kappa shape index (κ1) is 21.4. The van der Waals surface area contributed by atoms with E-state index in [1.807, 2.05) is 52.8 Å². The molecule has 0 radical (unpaired) electrons. The Bertz CT molecular complexity index is 1000. The lowest BCUT2D eigenvalue weighted by molar-refractivity contribution is 0.0948. The van der Waals surface area contributed by atoms with E-state index in [0.717, 1.165) is 30.2 Å². The zero-order valence-electron chi connectivity index (χ0n) is 18.8. The largest absolute Gasteiger partial charge is 0.352 e. The van der Waals surface area contributed by atoms with Crippen molar-refractivity contribution in [2.45, 2.75) is 52.5 Å². The number of carbonyl (C=O) groups is 1. The van der Waals surface area contributed by atoms with Crippen LogP contribution in [0.4, 0.5) is 0 Å². The minimum Gasteiger partial charge on any atom is -0.352 e. The maximum absolute atomic E-state index is 13.2. The highest BCUT2D eigenvalue weighted by atomic mass is 16.1. The summed E-state index contributed by atoms with van der Waals surface area (Å²) in [5, 5.41) is 7.86. The summed E-state index contributed by atoms with van der Waals surface area (Å²) in [7, 11) is 0. The van der Waals surface area contributed by atoms with Gasteiger partial charge in [0.05, 0.1) is 11.4 Å². The van der Waals surface area contributed by atoms with Crippen LogP contribution in [-0.2, 0) is 0 Å². The van der Waals surface area contributed by atoms with Gasteiger partial charge in [-0.25, -0.2) is 4.68 Å². The third-order valence-electron chi connectivity index (χ3n) is 6.24. The highest BCUT2D eigenvalue weighted by Crippen LogP contribution is 2.23. The van der Waals surface area contributed by atoms with Gasteiger partial charge in [0.25, 0.3) is 5.91 Å². The molecular weight excluding hydrogens is 386 g/mol.